The predicted molar refractivity (Wildman–Crippen MR) is 138 cm³/mol. The van der Waals surface area contributed by atoms with Gasteiger partial charge in [-0.25, -0.2) is 4.79 Å². The van der Waals surface area contributed by atoms with Gasteiger partial charge in [-0.1, -0.05) is 17.7 Å². The normalized spacial score (nSPS) is 19.5. The number of hydrogen-bond acceptors (Lipinski definition) is 5. The van der Waals surface area contributed by atoms with E-state index in [1.807, 2.05) is 37.8 Å². The van der Waals surface area contributed by atoms with Crippen molar-refractivity contribution in [1.82, 2.24) is 15.1 Å². The molecule has 3 amide bonds. The molecule has 1 aromatic carbocycles. The second kappa shape index (κ2) is 11.4. The van der Waals surface area contributed by atoms with Gasteiger partial charge in [0.15, 0.2) is 0 Å². The molecule has 190 valence electrons. The average Bonchev–Trinajstić information content (AvgIpc) is 3.49. The molecule has 0 radical (unpaired) electrons. The van der Waals surface area contributed by atoms with Crippen molar-refractivity contribution < 1.29 is 19.1 Å². The van der Waals surface area contributed by atoms with E-state index >= 15 is 0 Å². The molecule has 2 aliphatic rings. The number of fused-ring (bicyclic) bond motifs is 1. The van der Waals surface area contributed by atoms with Gasteiger partial charge >= 0.3 is 6.03 Å². The lowest BCUT2D eigenvalue weighted by Gasteiger charge is -2.37. The molecule has 1 aromatic heterocycles. The van der Waals surface area contributed by atoms with Crippen molar-refractivity contribution in [2.45, 2.75) is 65.1 Å². The Bertz CT molecular complexity index is 1030. The van der Waals surface area contributed by atoms with Crippen molar-refractivity contribution in [3.05, 3.63) is 51.2 Å². The van der Waals surface area contributed by atoms with Crippen LogP contribution in [-0.2, 0) is 16.0 Å². The summed E-state index contributed by atoms with van der Waals surface area (Å²) in [4.78, 5) is 31.4. The molecule has 1 N–H and O–H groups in total. The molecule has 0 unspecified atom stereocenters. The summed E-state index contributed by atoms with van der Waals surface area (Å²) in [5.41, 5.74) is 3.42. The molecule has 0 spiro atoms. The van der Waals surface area contributed by atoms with Crippen LogP contribution < -0.4 is 10.1 Å². The number of nitrogens with zero attached hydrogens (tertiary/aromatic N) is 2. The Morgan fingerprint density at radius 3 is 2.83 bits per heavy atom. The van der Waals surface area contributed by atoms with E-state index in [-0.39, 0.29) is 36.7 Å². The zero-order chi connectivity index (χ0) is 24.9. The summed E-state index contributed by atoms with van der Waals surface area (Å²) in [6, 6.07) is 7.82. The number of hydrogen-bond donors (Lipinski definition) is 1. The lowest BCUT2D eigenvalue weighted by atomic mass is 10.00. The lowest BCUT2D eigenvalue weighted by molar-refractivity contribution is -0.135. The second-order valence-electron chi connectivity index (χ2n) is 9.85. The maximum atomic E-state index is 13.6. The first-order chi connectivity index (χ1) is 16.8. The van der Waals surface area contributed by atoms with Crippen molar-refractivity contribution in [2.75, 3.05) is 32.8 Å². The van der Waals surface area contributed by atoms with Gasteiger partial charge < -0.3 is 24.6 Å². The van der Waals surface area contributed by atoms with Gasteiger partial charge in [-0.05, 0) is 75.6 Å². The molecule has 1 saturated heterocycles. The van der Waals surface area contributed by atoms with Gasteiger partial charge in [0, 0.05) is 30.6 Å². The fourth-order valence-corrected chi connectivity index (χ4v) is 5.78. The summed E-state index contributed by atoms with van der Waals surface area (Å²) in [5, 5.41) is 5.03. The number of nitrogens with one attached hydrogen (secondary N) is 1. The number of aryl methyl sites for hydroxylation is 2. The Balaban J connectivity index is 1.50. The molecule has 0 saturated carbocycles. The Labute approximate surface area is 212 Å². The van der Waals surface area contributed by atoms with Gasteiger partial charge in [-0.2, -0.15) is 0 Å². The van der Waals surface area contributed by atoms with Crippen LogP contribution in [0.5, 0.6) is 5.75 Å². The van der Waals surface area contributed by atoms with Gasteiger partial charge in [0.25, 0.3) is 0 Å². The average molecular weight is 500 g/mol. The van der Waals surface area contributed by atoms with Crippen LogP contribution in [0, 0.1) is 13.8 Å². The van der Waals surface area contributed by atoms with Crippen molar-refractivity contribution >= 4 is 23.3 Å². The molecule has 0 aliphatic carbocycles. The highest BCUT2D eigenvalue weighted by molar-refractivity contribution is 7.10. The van der Waals surface area contributed by atoms with Crippen LogP contribution in [0.3, 0.4) is 0 Å². The quantitative estimate of drug-likeness (QED) is 0.582. The first kappa shape index (κ1) is 25.5. The van der Waals surface area contributed by atoms with Crippen molar-refractivity contribution in [3.63, 3.8) is 0 Å². The molecular weight excluding hydrogens is 462 g/mol. The van der Waals surface area contributed by atoms with Crippen LogP contribution in [-0.4, -0.2) is 66.7 Å². The molecule has 4 rings (SSSR count). The Morgan fingerprint density at radius 1 is 1.29 bits per heavy atom. The SMILES string of the molecule is Cc1ccc(OC[C@@H]2c3ccsc3CCN2C(=O)CN(C[C@H]2CCCO2)C(=O)NC(C)C)c(C)c1. The molecule has 0 bridgehead atoms. The summed E-state index contributed by atoms with van der Waals surface area (Å²) >= 11 is 1.73. The number of thiophene rings is 1. The molecule has 2 aromatic rings. The van der Waals surface area contributed by atoms with Crippen LogP contribution in [0.25, 0.3) is 0 Å². The van der Waals surface area contributed by atoms with E-state index in [1.54, 1.807) is 16.2 Å². The van der Waals surface area contributed by atoms with E-state index in [0.717, 1.165) is 36.1 Å². The topological polar surface area (TPSA) is 71.1 Å². The zero-order valence-corrected chi connectivity index (χ0v) is 22.0. The number of amides is 3. The summed E-state index contributed by atoms with van der Waals surface area (Å²) in [6.07, 6.45) is 2.70. The standard InChI is InChI=1S/C27H37N3O4S/c1-18(2)28-27(32)29(15-21-6-5-12-33-21)16-26(31)30-11-9-25-22(10-13-35-25)23(30)17-34-24-8-7-19(3)14-20(24)4/h7-8,10,13-14,18,21,23H,5-6,9,11-12,15-17H2,1-4H3,(H,28,32)/t21-,23-/m1/s1. The smallest absolute Gasteiger partial charge is 0.318 e. The number of carbonyl (C=O) groups excluding carboxylic acids is 2. The molecular formula is C27H37N3O4S. The van der Waals surface area contributed by atoms with Gasteiger partial charge in [-0.15, -0.1) is 11.3 Å². The molecule has 35 heavy (non-hydrogen) atoms. The molecule has 7 nitrogen and oxygen atoms in total. The maximum Gasteiger partial charge on any atom is 0.318 e. The van der Waals surface area contributed by atoms with E-state index in [9.17, 15) is 9.59 Å². The molecule has 2 aliphatic heterocycles. The van der Waals surface area contributed by atoms with E-state index < -0.39 is 0 Å². The second-order valence-corrected chi connectivity index (χ2v) is 10.9. The predicted octanol–water partition coefficient (Wildman–Crippen LogP) is 4.47. The van der Waals surface area contributed by atoms with Crippen molar-refractivity contribution in [3.8, 4) is 5.75 Å². The van der Waals surface area contributed by atoms with Crippen LogP contribution in [0.15, 0.2) is 29.6 Å². The monoisotopic (exact) mass is 499 g/mol. The summed E-state index contributed by atoms with van der Waals surface area (Å²) < 4.78 is 12.0. The summed E-state index contributed by atoms with van der Waals surface area (Å²) in [5.74, 6) is 0.773. The van der Waals surface area contributed by atoms with Gasteiger partial charge in [0.1, 0.15) is 18.9 Å². The maximum absolute atomic E-state index is 13.6. The largest absolute Gasteiger partial charge is 0.491 e. The van der Waals surface area contributed by atoms with Crippen LogP contribution in [0.2, 0.25) is 0 Å². The van der Waals surface area contributed by atoms with E-state index in [0.29, 0.717) is 26.3 Å². The molecule has 8 heteroatoms. The highest BCUT2D eigenvalue weighted by Gasteiger charge is 2.34. The molecule has 3 heterocycles. The fraction of sp³-hybridized carbons (Fsp3) is 0.556. The minimum atomic E-state index is -0.222. The Kier molecular flexibility index (Phi) is 8.34. The van der Waals surface area contributed by atoms with Gasteiger partial charge in [0.05, 0.1) is 12.1 Å². The van der Waals surface area contributed by atoms with Crippen molar-refractivity contribution in [2.24, 2.45) is 0 Å². The minimum Gasteiger partial charge on any atom is -0.491 e. The highest BCUT2D eigenvalue weighted by Crippen LogP contribution is 2.34. The fourth-order valence-electron chi connectivity index (χ4n) is 4.85. The van der Waals surface area contributed by atoms with Crippen LogP contribution in [0.4, 0.5) is 4.79 Å². The Morgan fingerprint density at radius 2 is 2.11 bits per heavy atom. The zero-order valence-electron chi connectivity index (χ0n) is 21.2. The lowest BCUT2D eigenvalue weighted by Crippen LogP contribution is -2.52. The third-order valence-corrected chi connectivity index (χ3v) is 7.61. The number of benzene rings is 1. The van der Waals surface area contributed by atoms with Crippen LogP contribution >= 0.6 is 11.3 Å². The van der Waals surface area contributed by atoms with Crippen molar-refractivity contribution in [1.29, 1.82) is 0 Å². The van der Waals surface area contributed by atoms with Gasteiger partial charge in [0.2, 0.25) is 5.91 Å². The Hall–Kier alpha value is -2.58. The number of ether oxygens (including phenoxy) is 2. The minimum absolute atomic E-state index is 0.00755. The van der Waals surface area contributed by atoms with Gasteiger partial charge in [-0.3, -0.25) is 4.79 Å². The first-order valence-corrected chi connectivity index (χ1v) is 13.4. The number of urea groups is 1. The molecule has 2 atom stereocenters. The van der Waals surface area contributed by atoms with E-state index in [4.69, 9.17) is 9.47 Å². The first-order valence-electron chi connectivity index (χ1n) is 12.5. The van der Waals surface area contributed by atoms with E-state index in [1.165, 1.54) is 10.4 Å². The summed E-state index contributed by atoms with van der Waals surface area (Å²) in [6.45, 7) is 10.1. The third-order valence-electron chi connectivity index (χ3n) is 6.62. The van der Waals surface area contributed by atoms with E-state index in [2.05, 4.69) is 29.8 Å². The molecule has 1 fully saturated rings. The third kappa shape index (κ3) is 6.35. The number of carbonyl (C=O) groups is 2. The summed E-state index contributed by atoms with van der Waals surface area (Å²) in [7, 11) is 0. The highest BCUT2D eigenvalue weighted by atomic mass is 32.1. The van der Waals surface area contributed by atoms with Crippen LogP contribution in [0.1, 0.15) is 54.3 Å². The number of rotatable bonds is 8.